The quantitative estimate of drug-likeness (QED) is 0.585. The zero-order valence-electron chi connectivity index (χ0n) is 18.0. The van der Waals surface area contributed by atoms with E-state index in [0.717, 1.165) is 43.3 Å². The molecule has 0 aliphatic carbocycles. The van der Waals surface area contributed by atoms with Crippen molar-refractivity contribution >= 4 is 0 Å². The van der Waals surface area contributed by atoms with Gasteiger partial charge in [-0.25, -0.2) is 9.67 Å². The minimum Gasteiger partial charge on any atom is -0.493 e. The molecule has 0 N–H and O–H groups in total. The standard InChI is InChI=1S/C21H28N6O3/c1-14-22-15(2)27(24-14)12-16-6-5-9-26(11-16)13-20-23-21(25-30-20)17-7-8-18(28-3)19(10-17)29-4/h7-8,10,16H,5-6,9,11-13H2,1-4H3. The third kappa shape index (κ3) is 4.46. The number of rotatable bonds is 7. The maximum Gasteiger partial charge on any atom is 0.241 e. The minimum atomic E-state index is 0.534. The van der Waals surface area contributed by atoms with Crippen molar-refractivity contribution in [3.8, 4) is 22.9 Å². The van der Waals surface area contributed by atoms with Gasteiger partial charge in [-0.2, -0.15) is 10.1 Å². The maximum absolute atomic E-state index is 5.53. The highest BCUT2D eigenvalue weighted by atomic mass is 16.5. The zero-order valence-corrected chi connectivity index (χ0v) is 18.0. The van der Waals surface area contributed by atoms with Crippen LogP contribution >= 0.6 is 0 Å². The van der Waals surface area contributed by atoms with Gasteiger partial charge in [0.05, 0.1) is 20.8 Å². The lowest BCUT2D eigenvalue weighted by atomic mass is 9.98. The first kappa shape index (κ1) is 20.3. The molecule has 4 rings (SSSR count). The van der Waals surface area contributed by atoms with Gasteiger partial charge in [-0.05, 0) is 57.4 Å². The molecule has 30 heavy (non-hydrogen) atoms. The smallest absolute Gasteiger partial charge is 0.241 e. The van der Waals surface area contributed by atoms with E-state index in [1.165, 1.54) is 6.42 Å². The Hall–Kier alpha value is -2.94. The second kappa shape index (κ2) is 8.83. The second-order valence-electron chi connectivity index (χ2n) is 7.71. The van der Waals surface area contributed by atoms with Crippen LogP contribution in [0.3, 0.4) is 0 Å². The molecule has 1 aliphatic rings. The monoisotopic (exact) mass is 412 g/mol. The topological polar surface area (TPSA) is 91.3 Å². The highest BCUT2D eigenvalue weighted by molar-refractivity contribution is 5.60. The van der Waals surface area contributed by atoms with Crippen LogP contribution in [0.5, 0.6) is 11.5 Å². The van der Waals surface area contributed by atoms with E-state index < -0.39 is 0 Å². The van der Waals surface area contributed by atoms with Crippen molar-refractivity contribution in [3.05, 3.63) is 35.7 Å². The molecule has 1 atom stereocenters. The molecule has 9 nitrogen and oxygen atoms in total. The molecular formula is C21H28N6O3. The lowest BCUT2D eigenvalue weighted by Gasteiger charge is -2.31. The summed E-state index contributed by atoms with van der Waals surface area (Å²) >= 11 is 0. The molecule has 160 valence electrons. The Morgan fingerprint density at radius 3 is 2.70 bits per heavy atom. The van der Waals surface area contributed by atoms with Crippen molar-refractivity contribution in [1.82, 2.24) is 29.8 Å². The van der Waals surface area contributed by atoms with E-state index in [-0.39, 0.29) is 0 Å². The number of methoxy groups -OCH3 is 2. The van der Waals surface area contributed by atoms with Gasteiger partial charge in [0.15, 0.2) is 11.5 Å². The molecule has 0 radical (unpaired) electrons. The number of ether oxygens (including phenoxy) is 2. The maximum atomic E-state index is 5.53. The zero-order chi connectivity index (χ0) is 21.1. The molecule has 1 aliphatic heterocycles. The van der Waals surface area contributed by atoms with Crippen LogP contribution in [0.1, 0.15) is 30.4 Å². The first-order valence-corrected chi connectivity index (χ1v) is 10.2. The Bertz CT molecular complexity index is 999. The van der Waals surface area contributed by atoms with E-state index in [9.17, 15) is 0 Å². The van der Waals surface area contributed by atoms with Gasteiger partial charge in [0, 0.05) is 18.7 Å². The Morgan fingerprint density at radius 2 is 1.97 bits per heavy atom. The highest BCUT2D eigenvalue weighted by Gasteiger charge is 2.23. The third-order valence-electron chi connectivity index (χ3n) is 5.47. The Labute approximate surface area is 176 Å². The fraction of sp³-hybridized carbons (Fsp3) is 0.524. The molecule has 2 aromatic heterocycles. The molecule has 0 amide bonds. The van der Waals surface area contributed by atoms with Crippen LogP contribution < -0.4 is 9.47 Å². The van der Waals surface area contributed by atoms with Crippen LogP contribution in [-0.2, 0) is 13.1 Å². The number of hydrogen-bond acceptors (Lipinski definition) is 8. The summed E-state index contributed by atoms with van der Waals surface area (Å²) in [6.07, 6.45) is 2.34. The summed E-state index contributed by atoms with van der Waals surface area (Å²) < 4.78 is 18.2. The Balaban J connectivity index is 1.40. The first-order valence-electron chi connectivity index (χ1n) is 10.2. The van der Waals surface area contributed by atoms with Gasteiger partial charge in [0.2, 0.25) is 11.7 Å². The molecule has 1 unspecified atom stereocenters. The van der Waals surface area contributed by atoms with Crippen LogP contribution in [0.2, 0.25) is 0 Å². The van der Waals surface area contributed by atoms with Gasteiger partial charge in [-0.3, -0.25) is 4.90 Å². The summed E-state index contributed by atoms with van der Waals surface area (Å²) in [6, 6.07) is 5.59. The summed E-state index contributed by atoms with van der Waals surface area (Å²) in [5.74, 6) is 4.81. The molecule has 3 heterocycles. The van der Waals surface area contributed by atoms with Gasteiger partial charge in [-0.1, -0.05) is 5.16 Å². The number of aromatic nitrogens is 5. The number of benzene rings is 1. The van der Waals surface area contributed by atoms with Crippen molar-refractivity contribution in [2.45, 2.75) is 39.8 Å². The predicted octanol–water partition coefficient (Wildman–Crippen LogP) is 2.87. The number of nitrogens with zero attached hydrogens (tertiary/aromatic N) is 6. The summed E-state index contributed by atoms with van der Waals surface area (Å²) in [5, 5.41) is 8.66. The largest absolute Gasteiger partial charge is 0.493 e. The third-order valence-corrected chi connectivity index (χ3v) is 5.47. The van der Waals surface area contributed by atoms with Gasteiger partial charge < -0.3 is 14.0 Å². The van der Waals surface area contributed by atoms with Gasteiger partial charge in [-0.15, -0.1) is 0 Å². The van der Waals surface area contributed by atoms with E-state index in [4.69, 9.17) is 14.0 Å². The van der Waals surface area contributed by atoms with Crippen LogP contribution in [-0.4, -0.2) is 57.1 Å². The van der Waals surface area contributed by atoms with Gasteiger partial charge in [0.1, 0.15) is 11.6 Å². The molecule has 1 saturated heterocycles. The summed E-state index contributed by atoms with van der Waals surface area (Å²) in [6.45, 7) is 7.49. The fourth-order valence-electron chi connectivity index (χ4n) is 4.03. The van der Waals surface area contributed by atoms with Crippen molar-refractivity contribution in [2.24, 2.45) is 5.92 Å². The van der Waals surface area contributed by atoms with Crippen molar-refractivity contribution < 1.29 is 14.0 Å². The van der Waals surface area contributed by atoms with E-state index in [1.807, 2.05) is 36.7 Å². The number of hydrogen-bond donors (Lipinski definition) is 0. The molecular weight excluding hydrogens is 384 g/mol. The average Bonchev–Trinajstić information content (AvgIpc) is 3.33. The SMILES string of the molecule is COc1ccc(-c2noc(CN3CCCC(Cn4nc(C)nc4C)C3)n2)cc1OC. The van der Waals surface area contributed by atoms with Crippen LogP contribution in [0.4, 0.5) is 0 Å². The van der Waals surface area contributed by atoms with Gasteiger partial charge in [0.25, 0.3) is 0 Å². The minimum absolute atomic E-state index is 0.534. The first-order chi connectivity index (χ1) is 14.6. The molecule has 0 spiro atoms. The van der Waals surface area contributed by atoms with Crippen molar-refractivity contribution in [1.29, 1.82) is 0 Å². The van der Waals surface area contributed by atoms with Gasteiger partial charge >= 0.3 is 0 Å². The Morgan fingerprint density at radius 1 is 1.13 bits per heavy atom. The molecule has 9 heteroatoms. The van der Waals surface area contributed by atoms with Crippen molar-refractivity contribution in [3.63, 3.8) is 0 Å². The van der Waals surface area contributed by atoms with E-state index in [2.05, 4.69) is 25.1 Å². The number of likely N-dealkylation sites (tertiary alicyclic amines) is 1. The lowest BCUT2D eigenvalue weighted by molar-refractivity contribution is 0.138. The van der Waals surface area contributed by atoms with Crippen molar-refractivity contribution in [2.75, 3.05) is 27.3 Å². The Kier molecular flexibility index (Phi) is 5.98. The molecule has 0 saturated carbocycles. The van der Waals surface area contributed by atoms with E-state index in [0.29, 0.717) is 35.7 Å². The number of aryl methyl sites for hydroxylation is 2. The summed E-state index contributed by atoms with van der Waals surface area (Å²) in [7, 11) is 3.22. The van der Waals surface area contributed by atoms with Crippen LogP contribution in [0, 0.1) is 19.8 Å². The molecule has 3 aromatic rings. The summed E-state index contributed by atoms with van der Waals surface area (Å²) in [4.78, 5) is 11.4. The van der Waals surface area contributed by atoms with E-state index in [1.54, 1.807) is 14.2 Å². The molecule has 1 fully saturated rings. The fourth-order valence-corrected chi connectivity index (χ4v) is 4.03. The number of piperidine rings is 1. The van der Waals surface area contributed by atoms with Crippen LogP contribution in [0.25, 0.3) is 11.4 Å². The molecule has 0 bridgehead atoms. The average molecular weight is 412 g/mol. The second-order valence-corrected chi connectivity index (χ2v) is 7.71. The predicted molar refractivity (Wildman–Crippen MR) is 110 cm³/mol. The van der Waals surface area contributed by atoms with Crippen LogP contribution in [0.15, 0.2) is 22.7 Å². The normalized spacial score (nSPS) is 17.3. The lowest BCUT2D eigenvalue weighted by Crippen LogP contribution is -2.37. The highest BCUT2D eigenvalue weighted by Crippen LogP contribution is 2.31. The summed E-state index contributed by atoms with van der Waals surface area (Å²) in [5.41, 5.74) is 0.830. The molecule has 1 aromatic carbocycles. The van der Waals surface area contributed by atoms with E-state index >= 15 is 0 Å².